The van der Waals surface area contributed by atoms with Crippen molar-refractivity contribution in [2.45, 2.75) is 32.4 Å². The molecule has 1 saturated heterocycles. The van der Waals surface area contributed by atoms with Gasteiger partial charge in [-0.15, -0.1) is 0 Å². The minimum atomic E-state index is -4.39. The first-order chi connectivity index (χ1) is 17.3. The van der Waals surface area contributed by atoms with Gasteiger partial charge in [-0.2, -0.15) is 13.2 Å². The van der Waals surface area contributed by atoms with E-state index in [2.05, 4.69) is 24.5 Å². The first-order valence-corrected chi connectivity index (χ1v) is 12.5. The summed E-state index contributed by atoms with van der Waals surface area (Å²) >= 11 is 1.30. The van der Waals surface area contributed by atoms with E-state index in [0.717, 1.165) is 66.9 Å². The third-order valence-electron chi connectivity index (χ3n) is 6.45. The van der Waals surface area contributed by atoms with E-state index in [1.165, 1.54) is 23.5 Å². The van der Waals surface area contributed by atoms with E-state index in [1.807, 2.05) is 25.1 Å². The lowest BCUT2D eigenvalue weighted by molar-refractivity contribution is -0.137. The zero-order valence-corrected chi connectivity index (χ0v) is 20.4. The topological polar surface area (TPSA) is 84.2 Å². The van der Waals surface area contributed by atoms with Gasteiger partial charge in [0.25, 0.3) is 0 Å². The van der Waals surface area contributed by atoms with Crippen LogP contribution < -0.4 is 10.7 Å². The van der Waals surface area contributed by atoms with Crippen molar-refractivity contribution in [3.05, 3.63) is 63.6 Å². The predicted octanol–water partition coefficient (Wildman–Crippen LogP) is 5.44. The van der Waals surface area contributed by atoms with E-state index in [1.54, 1.807) is 0 Å². The van der Waals surface area contributed by atoms with Crippen LogP contribution in [0.3, 0.4) is 0 Å². The van der Waals surface area contributed by atoms with Crippen molar-refractivity contribution >= 4 is 26.7 Å². The number of alkyl halides is 3. The quantitative estimate of drug-likeness (QED) is 0.351. The number of ether oxygens (including phenoxy) is 1. The van der Waals surface area contributed by atoms with Crippen molar-refractivity contribution in [2.75, 3.05) is 31.2 Å². The third kappa shape index (κ3) is 5.46. The van der Waals surface area contributed by atoms with Gasteiger partial charge in [-0.25, -0.2) is 9.78 Å². The molecule has 0 aliphatic carbocycles. The number of nitrogens with zero attached hydrogens (tertiary/aromatic N) is 3. The molecule has 5 rings (SSSR count). The van der Waals surface area contributed by atoms with Crippen LogP contribution >= 0.6 is 11.3 Å². The van der Waals surface area contributed by atoms with Crippen molar-refractivity contribution in [1.82, 2.24) is 15.1 Å². The molecule has 1 aliphatic heterocycles. The van der Waals surface area contributed by atoms with E-state index >= 15 is 0 Å². The standard InChI is InChI=1S/C25H25F3N4O3S/c1-15-12-16(2-4-19(15)22-30-24(33)35-31-22)6-9-32(14-17-7-10-34-11-8-17)23-29-20-5-3-18(25(26,27)28)13-21(20)36-23/h2-5,12-13,17H,6-11,14H2,1H3,(H,30,31,33). The Morgan fingerprint density at radius 1 is 1.17 bits per heavy atom. The fourth-order valence-electron chi connectivity index (χ4n) is 4.49. The number of fused-ring (bicyclic) bond motifs is 1. The Hall–Kier alpha value is -3.18. The molecule has 0 radical (unpaired) electrons. The Labute approximate surface area is 208 Å². The second-order valence-electron chi connectivity index (χ2n) is 9.02. The fraction of sp³-hybridized carbons (Fsp3) is 0.400. The van der Waals surface area contributed by atoms with Crippen molar-refractivity contribution in [3.63, 3.8) is 0 Å². The maximum absolute atomic E-state index is 13.2. The Morgan fingerprint density at radius 3 is 2.67 bits per heavy atom. The highest BCUT2D eigenvalue weighted by atomic mass is 32.1. The van der Waals surface area contributed by atoms with Gasteiger partial charge in [-0.05, 0) is 61.4 Å². The van der Waals surface area contributed by atoms with Crippen LogP contribution in [-0.2, 0) is 17.3 Å². The summed E-state index contributed by atoms with van der Waals surface area (Å²) in [6.45, 7) is 4.82. The zero-order valence-electron chi connectivity index (χ0n) is 19.6. The molecule has 0 amide bonds. The van der Waals surface area contributed by atoms with Gasteiger partial charge in [-0.1, -0.05) is 34.7 Å². The molecule has 3 heterocycles. The summed E-state index contributed by atoms with van der Waals surface area (Å²) in [4.78, 5) is 20.7. The lowest BCUT2D eigenvalue weighted by Crippen LogP contribution is -2.34. The molecule has 0 atom stereocenters. The molecule has 2 aromatic heterocycles. The molecule has 7 nitrogen and oxygen atoms in total. The second kappa shape index (κ2) is 10.1. The van der Waals surface area contributed by atoms with Crippen molar-refractivity contribution in [1.29, 1.82) is 0 Å². The number of aromatic nitrogens is 3. The zero-order chi connectivity index (χ0) is 25.3. The highest BCUT2D eigenvalue weighted by molar-refractivity contribution is 7.22. The fourth-order valence-corrected chi connectivity index (χ4v) is 5.53. The maximum atomic E-state index is 13.2. The van der Waals surface area contributed by atoms with Crippen LogP contribution in [0, 0.1) is 12.8 Å². The largest absolute Gasteiger partial charge is 0.439 e. The molecular formula is C25H25F3N4O3S. The summed E-state index contributed by atoms with van der Waals surface area (Å²) in [5.41, 5.74) is 2.74. The number of rotatable bonds is 7. The minimum Gasteiger partial charge on any atom is -0.381 e. The molecule has 0 spiro atoms. The summed E-state index contributed by atoms with van der Waals surface area (Å²) in [5, 5.41) is 4.48. The molecule has 1 fully saturated rings. The molecule has 1 aliphatic rings. The van der Waals surface area contributed by atoms with Crippen LogP contribution in [0.25, 0.3) is 21.6 Å². The molecule has 190 valence electrons. The first-order valence-electron chi connectivity index (χ1n) is 11.7. The smallest absolute Gasteiger partial charge is 0.381 e. The average molecular weight is 519 g/mol. The summed E-state index contributed by atoms with van der Waals surface area (Å²) in [7, 11) is 0. The Balaban J connectivity index is 1.38. The van der Waals surface area contributed by atoms with Gasteiger partial charge < -0.3 is 9.64 Å². The summed E-state index contributed by atoms with van der Waals surface area (Å²) in [6, 6.07) is 9.64. The van der Waals surface area contributed by atoms with Gasteiger partial charge >= 0.3 is 11.9 Å². The monoisotopic (exact) mass is 518 g/mol. The molecule has 36 heavy (non-hydrogen) atoms. The Morgan fingerprint density at radius 2 is 1.97 bits per heavy atom. The molecular weight excluding hydrogens is 493 g/mol. The van der Waals surface area contributed by atoms with E-state index in [9.17, 15) is 18.0 Å². The number of anilines is 1. The maximum Gasteiger partial charge on any atom is 0.439 e. The number of aromatic amines is 1. The van der Waals surface area contributed by atoms with Gasteiger partial charge in [0, 0.05) is 31.9 Å². The van der Waals surface area contributed by atoms with Gasteiger partial charge in [0.15, 0.2) is 11.0 Å². The lowest BCUT2D eigenvalue weighted by atomic mass is 9.99. The highest BCUT2D eigenvalue weighted by Gasteiger charge is 2.31. The summed E-state index contributed by atoms with van der Waals surface area (Å²) in [5.74, 6) is 0.220. The van der Waals surface area contributed by atoms with Crippen LogP contribution in [0.5, 0.6) is 0 Å². The van der Waals surface area contributed by atoms with Crippen molar-refractivity contribution in [2.24, 2.45) is 5.92 Å². The van der Waals surface area contributed by atoms with Gasteiger partial charge in [0.05, 0.1) is 15.8 Å². The molecule has 1 N–H and O–H groups in total. The van der Waals surface area contributed by atoms with Crippen LogP contribution in [0.4, 0.5) is 18.3 Å². The molecule has 4 aromatic rings. The number of benzene rings is 2. The summed E-state index contributed by atoms with van der Waals surface area (Å²) < 4.78 is 50.3. The van der Waals surface area contributed by atoms with Gasteiger partial charge in [0.1, 0.15) is 0 Å². The van der Waals surface area contributed by atoms with Crippen LogP contribution in [0.2, 0.25) is 0 Å². The van der Waals surface area contributed by atoms with Crippen LogP contribution in [-0.4, -0.2) is 41.4 Å². The Kier molecular flexibility index (Phi) is 6.85. The summed E-state index contributed by atoms with van der Waals surface area (Å²) in [6.07, 6.45) is -1.76. The number of halogens is 3. The van der Waals surface area contributed by atoms with Gasteiger partial charge in [-0.3, -0.25) is 9.51 Å². The number of nitrogens with one attached hydrogen (secondary N) is 1. The predicted molar refractivity (Wildman–Crippen MR) is 131 cm³/mol. The van der Waals surface area contributed by atoms with E-state index in [0.29, 0.717) is 28.5 Å². The Bertz CT molecular complexity index is 1410. The van der Waals surface area contributed by atoms with Crippen LogP contribution in [0.15, 0.2) is 45.7 Å². The molecule has 0 saturated carbocycles. The molecule has 0 unspecified atom stereocenters. The lowest BCUT2D eigenvalue weighted by Gasteiger charge is -2.29. The number of H-pyrrole nitrogens is 1. The minimum absolute atomic E-state index is 0.387. The van der Waals surface area contributed by atoms with E-state index in [4.69, 9.17) is 4.74 Å². The van der Waals surface area contributed by atoms with E-state index in [-0.39, 0.29) is 0 Å². The van der Waals surface area contributed by atoms with Crippen molar-refractivity contribution in [3.8, 4) is 11.4 Å². The highest BCUT2D eigenvalue weighted by Crippen LogP contribution is 2.36. The van der Waals surface area contributed by atoms with E-state index < -0.39 is 17.5 Å². The number of hydrogen-bond acceptors (Lipinski definition) is 7. The first kappa shape index (κ1) is 24.5. The normalized spacial score (nSPS) is 15.0. The average Bonchev–Trinajstić information content (AvgIpc) is 3.47. The number of aryl methyl sites for hydroxylation is 1. The molecule has 0 bridgehead atoms. The number of thiazole rings is 1. The van der Waals surface area contributed by atoms with Crippen molar-refractivity contribution < 1.29 is 22.4 Å². The third-order valence-corrected chi connectivity index (χ3v) is 7.53. The number of hydrogen-bond donors (Lipinski definition) is 1. The molecule has 2 aromatic carbocycles. The second-order valence-corrected chi connectivity index (χ2v) is 10.0. The van der Waals surface area contributed by atoms with Gasteiger partial charge in [0.2, 0.25) is 0 Å². The van der Waals surface area contributed by atoms with Crippen LogP contribution in [0.1, 0.15) is 29.5 Å². The SMILES string of the molecule is Cc1cc(CCN(CC2CCOCC2)c2nc3ccc(C(F)(F)F)cc3s2)ccc1-c1noc(=O)[nH]1. The molecule has 11 heteroatoms.